The van der Waals surface area contributed by atoms with E-state index in [1.165, 1.54) is 17.8 Å². The Hall–Kier alpha value is -2.09. The van der Waals surface area contributed by atoms with Crippen LogP contribution in [0.15, 0.2) is 42.5 Å². The third-order valence-electron chi connectivity index (χ3n) is 4.50. The minimum atomic E-state index is -0.390. The highest BCUT2D eigenvalue weighted by Gasteiger charge is 2.18. The SMILES string of the molecule is O=C(CSCc1c(F)cccc1Cl)Nc1ccccc1C(=O)NC[C@@H]1CCCO1. The van der Waals surface area contributed by atoms with Gasteiger partial charge in [-0.15, -0.1) is 11.8 Å². The van der Waals surface area contributed by atoms with Crippen LogP contribution in [-0.4, -0.2) is 36.8 Å². The monoisotopic (exact) mass is 436 g/mol. The maximum atomic E-state index is 13.8. The van der Waals surface area contributed by atoms with Crippen LogP contribution in [-0.2, 0) is 15.3 Å². The number of benzene rings is 2. The quantitative estimate of drug-likeness (QED) is 0.648. The summed E-state index contributed by atoms with van der Waals surface area (Å²) >= 11 is 7.25. The second-order valence-electron chi connectivity index (χ2n) is 6.63. The molecule has 29 heavy (non-hydrogen) atoms. The van der Waals surface area contributed by atoms with Gasteiger partial charge in [-0.3, -0.25) is 9.59 Å². The fourth-order valence-electron chi connectivity index (χ4n) is 3.00. The van der Waals surface area contributed by atoms with Crippen molar-refractivity contribution in [2.24, 2.45) is 0 Å². The molecule has 8 heteroatoms. The standard InChI is InChI=1S/C21H22ClFN2O3S/c22-17-7-3-8-18(23)16(17)12-29-13-20(26)25-19-9-2-1-6-15(19)21(27)24-11-14-5-4-10-28-14/h1-3,6-9,14H,4-5,10-13H2,(H,24,27)(H,25,26)/t14-/m0/s1. The van der Waals surface area contributed by atoms with E-state index in [0.717, 1.165) is 19.4 Å². The number of rotatable bonds is 8. The molecule has 2 aromatic rings. The first-order valence-corrected chi connectivity index (χ1v) is 10.9. The van der Waals surface area contributed by atoms with Crippen LogP contribution >= 0.6 is 23.4 Å². The van der Waals surface area contributed by atoms with Crippen molar-refractivity contribution in [3.63, 3.8) is 0 Å². The van der Waals surface area contributed by atoms with Crippen LogP contribution in [0.4, 0.5) is 10.1 Å². The van der Waals surface area contributed by atoms with Gasteiger partial charge in [-0.2, -0.15) is 0 Å². The van der Waals surface area contributed by atoms with Gasteiger partial charge >= 0.3 is 0 Å². The van der Waals surface area contributed by atoms with E-state index in [1.54, 1.807) is 36.4 Å². The van der Waals surface area contributed by atoms with Gasteiger partial charge in [-0.1, -0.05) is 29.8 Å². The Morgan fingerprint density at radius 3 is 2.79 bits per heavy atom. The third-order valence-corrected chi connectivity index (χ3v) is 5.81. The number of para-hydroxylation sites is 1. The van der Waals surface area contributed by atoms with E-state index in [2.05, 4.69) is 10.6 Å². The second-order valence-corrected chi connectivity index (χ2v) is 8.02. The zero-order chi connectivity index (χ0) is 20.6. The number of thioether (sulfide) groups is 1. The molecule has 1 atom stereocenters. The van der Waals surface area contributed by atoms with Gasteiger partial charge in [0.1, 0.15) is 5.82 Å². The Morgan fingerprint density at radius 1 is 1.21 bits per heavy atom. The number of hydrogen-bond acceptors (Lipinski definition) is 4. The van der Waals surface area contributed by atoms with Crippen LogP contribution in [0.2, 0.25) is 5.02 Å². The lowest BCUT2D eigenvalue weighted by Crippen LogP contribution is -2.32. The number of ether oxygens (including phenoxy) is 1. The number of anilines is 1. The molecule has 0 radical (unpaired) electrons. The lowest BCUT2D eigenvalue weighted by Gasteiger charge is -2.14. The first kappa shape index (κ1) is 21.6. The maximum absolute atomic E-state index is 13.8. The average molecular weight is 437 g/mol. The highest BCUT2D eigenvalue weighted by atomic mass is 35.5. The van der Waals surface area contributed by atoms with Gasteiger partial charge in [0.05, 0.1) is 23.1 Å². The summed E-state index contributed by atoms with van der Waals surface area (Å²) in [6.07, 6.45) is 1.98. The normalized spacial score (nSPS) is 15.9. The molecule has 0 unspecified atom stereocenters. The van der Waals surface area contributed by atoms with Crippen molar-refractivity contribution in [2.75, 3.05) is 24.2 Å². The average Bonchev–Trinajstić information content (AvgIpc) is 3.22. The molecular formula is C21H22ClFN2O3S. The minimum absolute atomic E-state index is 0.0438. The fourth-order valence-corrected chi connectivity index (χ4v) is 4.17. The van der Waals surface area contributed by atoms with Gasteiger partial charge in [-0.25, -0.2) is 4.39 Å². The summed E-state index contributed by atoms with van der Waals surface area (Å²) in [5.41, 5.74) is 1.20. The summed E-state index contributed by atoms with van der Waals surface area (Å²) in [6, 6.07) is 11.3. The molecule has 1 aliphatic rings. The number of hydrogen-bond donors (Lipinski definition) is 2. The van der Waals surface area contributed by atoms with Crippen LogP contribution in [0.3, 0.4) is 0 Å². The molecule has 5 nitrogen and oxygen atoms in total. The number of amides is 2. The predicted octanol–water partition coefficient (Wildman–Crippen LogP) is 4.26. The molecule has 3 rings (SSSR count). The lowest BCUT2D eigenvalue weighted by molar-refractivity contribution is -0.113. The summed E-state index contributed by atoms with van der Waals surface area (Å²) in [5.74, 6) is -0.540. The van der Waals surface area contributed by atoms with Crippen molar-refractivity contribution < 1.29 is 18.7 Å². The lowest BCUT2D eigenvalue weighted by atomic mass is 10.1. The van der Waals surface area contributed by atoms with Crippen LogP contribution in [0.1, 0.15) is 28.8 Å². The largest absolute Gasteiger partial charge is 0.376 e. The molecule has 2 N–H and O–H groups in total. The van der Waals surface area contributed by atoms with Crippen molar-refractivity contribution in [1.82, 2.24) is 5.32 Å². The first-order chi connectivity index (χ1) is 14.0. The smallest absolute Gasteiger partial charge is 0.253 e. The van der Waals surface area contributed by atoms with Crippen molar-refractivity contribution >= 4 is 40.9 Å². The van der Waals surface area contributed by atoms with Gasteiger partial charge in [-0.05, 0) is 37.1 Å². The Bertz CT molecular complexity index is 855. The Balaban J connectivity index is 1.52. The second kappa shape index (κ2) is 10.6. The van der Waals surface area contributed by atoms with E-state index in [4.69, 9.17) is 16.3 Å². The summed E-state index contributed by atoms with van der Waals surface area (Å²) in [5, 5.41) is 5.95. The fraction of sp³-hybridized carbons (Fsp3) is 0.333. The Kier molecular flexibility index (Phi) is 7.91. The minimum Gasteiger partial charge on any atom is -0.376 e. The van der Waals surface area contributed by atoms with E-state index in [9.17, 15) is 14.0 Å². The van der Waals surface area contributed by atoms with Gasteiger partial charge < -0.3 is 15.4 Å². The molecule has 2 amide bonds. The summed E-state index contributed by atoms with van der Waals surface area (Å²) in [7, 11) is 0. The molecule has 1 heterocycles. The van der Waals surface area contributed by atoms with Crippen LogP contribution in [0.5, 0.6) is 0 Å². The van der Waals surface area contributed by atoms with E-state index in [1.807, 2.05) is 0 Å². The highest BCUT2D eigenvalue weighted by Crippen LogP contribution is 2.24. The van der Waals surface area contributed by atoms with Crippen molar-refractivity contribution in [1.29, 1.82) is 0 Å². The molecule has 154 valence electrons. The number of nitrogens with one attached hydrogen (secondary N) is 2. The maximum Gasteiger partial charge on any atom is 0.253 e. The van der Waals surface area contributed by atoms with Crippen molar-refractivity contribution in [2.45, 2.75) is 24.7 Å². The predicted molar refractivity (Wildman–Crippen MR) is 114 cm³/mol. The van der Waals surface area contributed by atoms with Crippen molar-refractivity contribution in [3.8, 4) is 0 Å². The molecule has 0 saturated carbocycles. The Labute approximate surface area is 178 Å². The molecule has 2 aromatic carbocycles. The van der Waals surface area contributed by atoms with Crippen LogP contribution in [0, 0.1) is 5.82 Å². The molecule has 0 bridgehead atoms. The molecule has 1 saturated heterocycles. The molecule has 1 aliphatic heterocycles. The summed E-state index contributed by atoms with van der Waals surface area (Å²) < 4.78 is 19.3. The van der Waals surface area contributed by atoms with Crippen molar-refractivity contribution in [3.05, 3.63) is 64.4 Å². The van der Waals surface area contributed by atoms with E-state index < -0.39 is 5.82 Å². The molecular weight excluding hydrogens is 415 g/mol. The number of carbonyl (C=O) groups is 2. The molecule has 0 spiro atoms. The van der Waals surface area contributed by atoms with Gasteiger partial charge in [0.15, 0.2) is 0 Å². The highest BCUT2D eigenvalue weighted by molar-refractivity contribution is 7.99. The van der Waals surface area contributed by atoms with Gasteiger partial charge in [0, 0.05) is 29.5 Å². The topological polar surface area (TPSA) is 67.4 Å². The molecule has 1 fully saturated rings. The van der Waals surface area contributed by atoms with E-state index in [-0.39, 0.29) is 29.4 Å². The van der Waals surface area contributed by atoms with E-state index in [0.29, 0.717) is 28.4 Å². The Morgan fingerprint density at radius 2 is 2.03 bits per heavy atom. The number of carbonyl (C=O) groups excluding carboxylic acids is 2. The van der Waals surface area contributed by atoms with Crippen LogP contribution < -0.4 is 10.6 Å². The van der Waals surface area contributed by atoms with Gasteiger partial charge in [0.2, 0.25) is 5.91 Å². The zero-order valence-electron chi connectivity index (χ0n) is 15.8. The first-order valence-electron chi connectivity index (χ1n) is 9.34. The zero-order valence-corrected chi connectivity index (χ0v) is 17.3. The number of halogens is 2. The van der Waals surface area contributed by atoms with Crippen LogP contribution in [0.25, 0.3) is 0 Å². The van der Waals surface area contributed by atoms with Gasteiger partial charge in [0.25, 0.3) is 5.91 Å². The summed E-state index contributed by atoms with van der Waals surface area (Å²) in [4.78, 5) is 24.8. The molecule has 0 aromatic heterocycles. The molecule has 0 aliphatic carbocycles. The third kappa shape index (κ3) is 6.19. The van der Waals surface area contributed by atoms with E-state index >= 15 is 0 Å². The summed E-state index contributed by atoms with van der Waals surface area (Å²) in [6.45, 7) is 1.17.